The van der Waals surface area contributed by atoms with Crippen LogP contribution in [-0.4, -0.2) is 5.91 Å². The lowest BCUT2D eigenvalue weighted by atomic mass is 10.1. The predicted molar refractivity (Wildman–Crippen MR) is 92.2 cm³/mol. The van der Waals surface area contributed by atoms with Crippen LogP contribution in [0.1, 0.15) is 28.5 Å². The number of hydrogen-bond acceptors (Lipinski definition) is 3. The van der Waals surface area contributed by atoms with Crippen LogP contribution in [0.15, 0.2) is 24.3 Å². The molecule has 0 aliphatic rings. The monoisotopic (exact) mass is 348 g/mol. The van der Waals surface area contributed by atoms with E-state index in [9.17, 15) is 14.4 Å². The highest BCUT2D eigenvalue weighted by molar-refractivity contribution is 7.16. The molecule has 0 fully saturated rings. The maximum atomic E-state index is 13.6. The van der Waals surface area contributed by atoms with E-state index in [2.05, 4.69) is 11.4 Å². The van der Waals surface area contributed by atoms with Gasteiger partial charge in [-0.2, -0.15) is 5.26 Å². The number of thiophene rings is 1. The van der Waals surface area contributed by atoms with Crippen molar-refractivity contribution in [3.05, 3.63) is 56.7 Å². The summed E-state index contributed by atoms with van der Waals surface area (Å²) >= 11 is 7.26. The maximum absolute atomic E-state index is 13.6. The Labute approximate surface area is 143 Å². The number of hydrogen-bond donors (Lipinski definition) is 1. The number of nitrogens with zero attached hydrogens (tertiary/aromatic N) is 1. The summed E-state index contributed by atoms with van der Waals surface area (Å²) in [7, 11) is 0. The van der Waals surface area contributed by atoms with Crippen molar-refractivity contribution >= 4 is 39.9 Å². The third kappa shape index (κ3) is 3.79. The number of carbonyl (C=O) groups excluding carboxylic acids is 1. The zero-order chi connectivity index (χ0) is 17.0. The number of nitrogens with one attached hydrogen (secondary N) is 1. The van der Waals surface area contributed by atoms with Crippen LogP contribution in [0, 0.1) is 24.1 Å². The molecule has 1 amide bonds. The van der Waals surface area contributed by atoms with Crippen molar-refractivity contribution in [2.75, 3.05) is 5.32 Å². The summed E-state index contributed by atoms with van der Waals surface area (Å²) in [5.74, 6) is -0.941. The molecule has 1 aromatic carbocycles. The van der Waals surface area contributed by atoms with Gasteiger partial charge in [-0.3, -0.25) is 4.79 Å². The van der Waals surface area contributed by atoms with Gasteiger partial charge < -0.3 is 5.32 Å². The quantitative estimate of drug-likeness (QED) is 0.796. The van der Waals surface area contributed by atoms with Crippen molar-refractivity contribution < 1.29 is 9.18 Å². The number of anilines is 1. The van der Waals surface area contributed by atoms with Gasteiger partial charge in [-0.1, -0.05) is 24.6 Å². The SMILES string of the molecule is CCc1c(C)sc(NC(=O)/C=C/c2c(F)cccc2Cl)c1C#N. The number of halogens is 2. The lowest BCUT2D eigenvalue weighted by Crippen LogP contribution is -2.07. The average Bonchev–Trinajstić information content (AvgIpc) is 2.81. The number of nitriles is 1. The van der Waals surface area contributed by atoms with E-state index in [4.69, 9.17) is 11.6 Å². The van der Waals surface area contributed by atoms with Gasteiger partial charge in [0.25, 0.3) is 0 Å². The Hall–Kier alpha value is -2.16. The van der Waals surface area contributed by atoms with E-state index in [1.165, 1.54) is 35.6 Å². The maximum Gasteiger partial charge on any atom is 0.249 e. The molecule has 23 heavy (non-hydrogen) atoms. The molecular weight excluding hydrogens is 335 g/mol. The highest BCUT2D eigenvalue weighted by Gasteiger charge is 2.15. The Bertz CT molecular complexity index is 800. The van der Waals surface area contributed by atoms with Gasteiger partial charge in [0.05, 0.1) is 10.6 Å². The summed E-state index contributed by atoms with van der Waals surface area (Å²) in [6, 6.07) is 6.44. The Morgan fingerprint density at radius 3 is 2.87 bits per heavy atom. The molecule has 1 heterocycles. The van der Waals surface area contributed by atoms with Crippen LogP contribution in [-0.2, 0) is 11.2 Å². The zero-order valence-corrected chi connectivity index (χ0v) is 14.2. The first kappa shape index (κ1) is 17.2. The molecule has 0 unspecified atom stereocenters. The third-order valence-corrected chi connectivity index (χ3v) is 4.70. The number of rotatable bonds is 4. The summed E-state index contributed by atoms with van der Waals surface area (Å²) in [5.41, 5.74) is 1.58. The summed E-state index contributed by atoms with van der Waals surface area (Å²) in [6.07, 6.45) is 3.24. The third-order valence-electron chi connectivity index (χ3n) is 3.31. The van der Waals surface area contributed by atoms with Gasteiger partial charge >= 0.3 is 0 Å². The molecule has 0 saturated heterocycles. The second kappa shape index (κ2) is 7.40. The van der Waals surface area contributed by atoms with Crippen LogP contribution in [0.4, 0.5) is 9.39 Å². The van der Waals surface area contributed by atoms with Gasteiger partial charge in [0.1, 0.15) is 16.9 Å². The number of aryl methyl sites for hydroxylation is 1. The van der Waals surface area contributed by atoms with Crippen LogP contribution in [0.25, 0.3) is 6.08 Å². The van der Waals surface area contributed by atoms with Crippen LogP contribution in [0.2, 0.25) is 5.02 Å². The number of carbonyl (C=O) groups is 1. The van der Waals surface area contributed by atoms with Crippen molar-refractivity contribution in [1.29, 1.82) is 5.26 Å². The predicted octanol–water partition coefficient (Wildman–Crippen LogP) is 4.94. The Kier molecular flexibility index (Phi) is 5.54. The molecule has 0 aliphatic carbocycles. The van der Waals surface area contributed by atoms with Crippen LogP contribution in [0.5, 0.6) is 0 Å². The smallest absolute Gasteiger partial charge is 0.249 e. The van der Waals surface area contributed by atoms with E-state index in [-0.39, 0.29) is 10.6 Å². The molecular formula is C17H14ClFN2OS. The van der Waals surface area contributed by atoms with E-state index >= 15 is 0 Å². The topological polar surface area (TPSA) is 52.9 Å². The van der Waals surface area contributed by atoms with Crippen molar-refractivity contribution in [3.63, 3.8) is 0 Å². The fourth-order valence-corrected chi connectivity index (χ4v) is 3.52. The molecule has 2 aromatic rings. The van der Waals surface area contributed by atoms with Gasteiger partial charge in [-0.15, -0.1) is 11.3 Å². The average molecular weight is 349 g/mol. The summed E-state index contributed by atoms with van der Waals surface area (Å²) < 4.78 is 13.6. The normalized spacial score (nSPS) is 10.7. The minimum absolute atomic E-state index is 0.154. The molecule has 1 N–H and O–H groups in total. The molecule has 0 spiro atoms. The van der Waals surface area contributed by atoms with E-state index in [1.54, 1.807) is 6.07 Å². The van der Waals surface area contributed by atoms with Crippen molar-refractivity contribution in [3.8, 4) is 6.07 Å². The highest BCUT2D eigenvalue weighted by atomic mass is 35.5. The Morgan fingerprint density at radius 2 is 2.26 bits per heavy atom. The molecule has 0 aliphatic heterocycles. The van der Waals surface area contributed by atoms with Crippen molar-refractivity contribution in [1.82, 2.24) is 0 Å². The standard InChI is InChI=1S/C17H14ClFN2OS/c1-3-11-10(2)23-17(13(11)9-20)21-16(22)8-7-12-14(18)5-4-6-15(12)19/h4-8H,3H2,1-2H3,(H,21,22)/b8-7+. The van der Waals surface area contributed by atoms with E-state index in [0.29, 0.717) is 10.6 Å². The first-order valence-electron chi connectivity index (χ1n) is 6.93. The summed E-state index contributed by atoms with van der Waals surface area (Å²) in [6.45, 7) is 3.87. The number of benzene rings is 1. The first-order valence-corrected chi connectivity index (χ1v) is 8.12. The first-order chi connectivity index (χ1) is 11.0. The molecule has 0 radical (unpaired) electrons. The highest BCUT2D eigenvalue weighted by Crippen LogP contribution is 2.32. The molecule has 2 rings (SSSR count). The molecule has 0 bridgehead atoms. The van der Waals surface area contributed by atoms with Gasteiger partial charge in [0.2, 0.25) is 5.91 Å². The molecule has 0 atom stereocenters. The molecule has 6 heteroatoms. The zero-order valence-electron chi connectivity index (χ0n) is 12.6. The molecule has 3 nitrogen and oxygen atoms in total. The fourth-order valence-electron chi connectivity index (χ4n) is 2.19. The van der Waals surface area contributed by atoms with Gasteiger partial charge in [0, 0.05) is 16.5 Å². The molecule has 0 saturated carbocycles. The number of amides is 1. The van der Waals surface area contributed by atoms with E-state index in [0.717, 1.165) is 16.9 Å². The second-order valence-electron chi connectivity index (χ2n) is 4.76. The lowest BCUT2D eigenvalue weighted by Gasteiger charge is -2.01. The van der Waals surface area contributed by atoms with E-state index < -0.39 is 11.7 Å². The van der Waals surface area contributed by atoms with Crippen LogP contribution in [0.3, 0.4) is 0 Å². The van der Waals surface area contributed by atoms with E-state index in [1.807, 2.05) is 13.8 Å². The molecule has 1 aromatic heterocycles. The van der Waals surface area contributed by atoms with Crippen LogP contribution < -0.4 is 5.32 Å². The largest absolute Gasteiger partial charge is 0.313 e. The minimum Gasteiger partial charge on any atom is -0.313 e. The second-order valence-corrected chi connectivity index (χ2v) is 6.40. The van der Waals surface area contributed by atoms with Gasteiger partial charge in [-0.05, 0) is 37.1 Å². The Morgan fingerprint density at radius 1 is 1.52 bits per heavy atom. The minimum atomic E-state index is -0.500. The van der Waals surface area contributed by atoms with Gasteiger partial charge in [-0.25, -0.2) is 4.39 Å². The summed E-state index contributed by atoms with van der Waals surface area (Å²) in [5, 5.41) is 12.7. The lowest BCUT2D eigenvalue weighted by molar-refractivity contribution is -0.111. The molecule has 118 valence electrons. The summed E-state index contributed by atoms with van der Waals surface area (Å²) in [4.78, 5) is 13.0. The van der Waals surface area contributed by atoms with Crippen molar-refractivity contribution in [2.24, 2.45) is 0 Å². The Balaban J connectivity index is 2.21. The van der Waals surface area contributed by atoms with Gasteiger partial charge in [0.15, 0.2) is 0 Å². The fraction of sp³-hybridized carbons (Fsp3) is 0.176. The van der Waals surface area contributed by atoms with Crippen LogP contribution >= 0.6 is 22.9 Å². The van der Waals surface area contributed by atoms with Crippen molar-refractivity contribution in [2.45, 2.75) is 20.3 Å².